The third-order valence-electron chi connectivity index (χ3n) is 5.37. The first-order chi connectivity index (χ1) is 16.0. The maximum atomic E-state index is 12.5. The van der Waals surface area contributed by atoms with Gasteiger partial charge in [-0.05, 0) is 25.0 Å². The van der Waals surface area contributed by atoms with Gasteiger partial charge in [0.15, 0.2) is 11.2 Å². The number of rotatable bonds is 6. The van der Waals surface area contributed by atoms with Crippen LogP contribution in [0.5, 0.6) is 0 Å². The van der Waals surface area contributed by atoms with Gasteiger partial charge >= 0.3 is 6.16 Å². The second-order valence-corrected chi connectivity index (χ2v) is 7.87. The summed E-state index contributed by atoms with van der Waals surface area (Å²) in [6, 6.07) is 8.49. The van der Waals surface area contributed by atoms with Crippen LogP contribution in [0.25, 0.3) is 11.2 Å². The zero-order valence-electron chi connectivity index (χ0n) is 17.3. The molecule has 1 aliphatic heterocycles. The molecular weight excluding hydrogens is 434 g/mol. The van der Waals surface area contributed by atoms with Gasteiger partial charge in [0.05, 0.1) is 12.4 Å². The first-order valence-corrected chi connectivity index (χ1v) is 10.5. The topological polar surface area (TPSA) is 158 Å². The van der Waals surface area contributed by atoms with Crippen molar-refractivity contribution in [1.29, 1.82) is 0 Å². The Balaban J connectivity index is 1.31. The Hall–Kier alpha value is -3.77. The lowest BCUT2D eigenvalue weighted by Gasteiger charge is -2.16. The summed E-state index contributed by atoms with van der Waals surface area (Å²) < 4.78 is 17.4. The first-order valence-electron chi connectivity index (χ1n) is 10.5. The molecular formula is C21H21N5O7. The third-order valence-corrected chi connectivity index (χ3v) is 5.37. The molecule has 3 aromatic rings. The standard InChI is InChI=1S/C21H21N5O7/c27-13-8-15(33-14(13)9-31-21(30)32-12-6-7-12)26-10-22-16-17(26)23-20(25-19(16)29)24-18(28)11-4-2-1-3-5-11/h1-5,10,12-15,27H,6-9H2,(H2,23,24,25,28,29)/t13-,14+,15+/m0/s1. The van der Waals surface area contributed by atoms with Crippen LogP contribution >= 0.6 is 0 Å². The van der Waals surface area contributed by atoms with E-state index < -0.39 is 36.1 Å². The zero-order valence-corrected chi connectivity index (χ0v) is 17.3. The van der Waals surface area contributed by atoms with Gasteiger partial charge in [0.1, 0.15) is 25.0 Å². The van der Waals surface area contributed by atoms with E-state index >= 15 is 0 Å². The van der Waals surface area contributed by atoms with Crippen molar-refractivity contribution in [2.75, 3.05) is 11.9 Å². The van der Waals surface area contributed by atoms with Crippen LogP contribution in [0.4, 0.5) is 10.7 Å². The molecule has 0 unspecified atom stereocenters. The van der Waals surface area contributed by atoms with Crippen molar-refractivity contribution < 1.29 is 28.9 Å². The highest BCUT2D eigenvalue weighted by molar-refractivity contribution is 6.03. The van der Waals surface area contributed by atoms with E-state index in [0.29, 0.717) is 5.56 Å². The van der Waals surface area contributed by atoms with Gasteiger partial charge in [0, 0.05) is 12.0 Å². The number of anilines is 1. The van der Waals surface area contributed by atoms with Gasteiger partial charge in [-0.25, -0.2) is 9.78 Å². The fourth-order valence-electron chi connectivity index (χ4n) is 3.51. The number of hydrogen-bond donors (Lipinski definition) is 3. The van der Waals surface area contributed by atoms with E-state index in [1.54, 1.807) is 30.3 Å². The molecule has 3 atom stereocenters. The Bertz CT molecular complexity index is 1240. The molecule has 1 saturated heterocycles. The maximum Gasteiger partial charge on any atom is 0.508 e. The van der Waals surface area contributed by atoms with Crippen LogP contribution in [0.1, 0.15) is 35.8 Å². The molecule has 0 bridgehead atoms. The lowest BCUT2D eigenvalue weighted by molar-refractivity contribution is -0.0574. The van der Waals surface area contributed by atoms with E-state index in [4.69, 9.17) is 14.2 Å². The summed E-state index contributed by atoms with van der Waals surface area (Å²) in [5.74, 6) is -0.489. The van der Waals surface area contributed by atoms with Crippen LogP contribution in [-0.2, 0) is 14.2 Å². The smallest absolute Gasteiger partial charge is 0.431 e. The molecule has 12 heteroatoms. The number of nitrogens with one attached hydrogen (secondary N) is 2. The molecule has 2 aromatic heterocycles. The van der Waals surface area contributed by atoms with Crippen molar-refractivity contribution >= 4 is 29.2 Å². The molecule has 1 amide bonds. The van der Waals surface area contributed by atoms with Crippen LogP contribution < -0.4 is 10.9 Å². The molecule has 5 rings (SSSR count). The molecule has 0 radical (unpaired) electrons. The Morgan fingerprint density at radius 1 is 1.27 bits per heavy atom. The SMILES string of the molecule is O=C(OC[C@H]1O[C@@H](n2cnc3c(=O)[nH]c(NC(=O)c4ccccc4)nc32)C[C@@H]1O)OC1CC1. The summed E-state index contributed by atoms with van der Waals surface area (Å²) in [6.45, 7) is -0.178. The van der Waals surface area contributed by atoms with E-state index in [2.05, 4.69) is 20.3 Å². The van der Waals surface area contributed by atoms with E-state index in [1.807, 2.05) is 0 Å². The predicted molar refractivity (Wildman–Crippen MR) is 113 cm³/mol. The van der Waals surface area contributed by atoms with Crippen LogP contribution in [-0.4, -0.2) is 61.6 Å². The zero-order chi connectivity index (χ0) is 22.9. The van der Waals surface area contributed by atoms with E-state index in [9.17, 15) is 19.5 Å². The maximum absolute atomic E-state index is 12.5. The normalized spacial score (nSPS) is 22.3. The summed E-state index contributed by atoms with van der Waals surface area (Å²) in [4.78, 5) is 47.4. The number of ether oxygens (including phenoxy) is 3. The number of fused-ring (bicyclic) bond motifs is 1. The minimum Gasteiger partial charge on any atom is -0.431 e. The van der Waals surface area contributed by atoms with Crippen LogP contribution in [0.2, 0.25) is 0 Å². The molecule has 3 heterocycles. The number of amides is 1. The molecule has 33 heavy (non-hydrogen) atoms. The van der Waals surface area contributed by atoms with E-state index in [-0.39, 0.29) is 36.2 Å². The number of carbonyl (C=O) groups is 2. The number of benzene rings is 1. The van der Waals surface area contributed by atoms with Crippen LogP contribution in [0, 0.1) is 0 Å². The Labute approximate surface area is 186 Å². The Kier molecular flexibility index (Phi) is 5.52. The Morgan fingerprint density at radius 2 is 2.06 bits per heavy atom. The number of aliphatic hydroxyl groups is 1. The van der Waals surface area contributed by atoms with Gasteiger partial charge in [-0.1, -0.05) is 18.2 Å². The molecule has 3 N–H and O–H groups in total. The van der Waals surface area contributed by atoms with Crippen molar-refractivity contribution in [3.05, 3.63) is 52.6 Å². The largest absolute Gasteiger partial charge is 0.508 e. The summed E-state index contributed by atoms with van der Waals surface area (Å²) in [5, 5.41) is 12.9. The van der Waals surface area contributed by atoms with Gasteiger partial charge in [-0.3, -0.25) is 24.5 Å². The van der Waals surface area contributed by atoms with Crippen molar-refractivity contribution in [2.24, 2.45) is 0 Å². The molecule has 2 aliphatic rings. The molecule has 12 nitrogen and oxygen atoms in total. The lowest BCUT2D eigenvalue weighted by atomic mass is 10.2. The minimum atomic E-state index is -0.916. The fourth-order valence-corrected chi connectivity index (χ4v) is 3.51. The number of imidazole rings is 1. The van der Waals surface area contributed by atoms with Gasteiger partial charge in [-0.15, -0.1) is 0 Å². The lowest BCUT2D eigenvalue weighted by Crippen LogP contribution is -2.28. The monoisotopic (exact) mass is 455 g/mol. The number of aromatic amines is 1. The second-order valence-electron chi connectivity index (χ2n) is 7.87. The van der Waals surface area contributed by atoms with Crippen molar-refractivity contribution in [2.45, 2.75) is 43.8 Å². The van der Waals surface area contributed by atoms with Gasteiger partial charge in [-0.2, -0.15) is 4.98 Å². The van der Waals surface area contributed by atoms with Crippen molar-refractivity contribution in [3.63, 3.8) is 0 Å². The third kappa shape index (κ3) is 4.56. The molecule has 172 valence electrons. The number of hydrogen-bond acceptors (Lipinski definition) is 9. The number of nitrogens with zero attached hydrogens (tertiary/aromatic N) is 3. The van der Waals surface area contributed by atoms with Crippen molar-refractivity contribution in [3.8, 4) is 0 Å². The summed E-state index contributed by atoms with van der Waals surface area (Å²) in [6.07, 6.45) is -0.0890. The number of aliphatic hydroxyl groups excluding tert-OH is 1. The van der Waals surface area contributed by atoms with Crippen LogP contribution in [0.3, 0.4) is 0 Å². The highest BCUT2D eigenvalue weighted by Gasteiger charge is 2.37. The number of aromatic nitrogens is 4. The summed E-state index contributed by atoms with van der Waals surface area (Å²) in [7, 11) is 0. The predicted octanol–water partition coefficient (Wildman–Crippen LogP) is 1.34. The quantitative estimate of drug-likeness (QED) is 0.466. The summed E-state index contributed by atoms with van der Waals surface area (Å²) >= 11 is 0. The average molecular weight is 455 g/mol. The molecule has 0 spiro atoms. The Morgan fingerprint density at radius 3 is 2.82 bits per heavy atom. The highest BCUT2D eigenvalue weighted by atomic mass is 16.7. The van der Waals surface area contributed by atoms with E-state index in [1.165, 1.54) is 10.9 Å². The molecule has 2 fully saturated rings. The second kappa shape index (κ2) is 8.64. The molecule has 1 aliphatic carbocycles. The molecule has 1 aromatic carbocycles. The van der Waals surface area contributed by atoms with Gasteiger partial charge in [0.2, 0.25) is 5.95 Å². The number of H-pyrrole nitrogens is 1. The first kappa shape index (κ1) is 21.1. The van der Waals surface area contributed by atoms with Crippen molar-refractivity contribution in [1.82, 2.24) is 19.5 Å². The van der Waals surface area contributed by atoms with Gasteiger partial charge in [0.25, 0.3) is 11.5 Å². The van der Waals surface area contributed by atoms with E-state index in [0.717, 1.165) is 12.8 Å². The average Bonchev–Trinajstić information content (AvgIpc) is 3.38. The van der Waals surface area contributed by atoms with Gasteiger partial charge < -0.3 is 19.3 Å². The number of carbonyl (C=O) groups excluding carboxylic acids is 2. The summed E-state index contributed by atoms with van der Waals surface area (Å²) in [5.41, 5.74) is 0.0925. The fraction of sp³-hybridized carbons (Fsp3) is 0.381. The highest BCUT2D eigenvalue weighted by Crippen LogP contribution is 2.31. The minimum absolute atomic E-state index is 0.0515. The molecule has 1 saturated carbocycles. The van der Waals surface area contributed by atoms with Crippen LogP contribution in [0.15, 0.2) is 41.5 Å².